The van der Waals surface area contributed by atoms with Gasteiger partial charge in [-0.15, -0.1) is 10.2 Å². The van der Waals surface area contributed by atoms with Crippen molar-refractivity contribution in [2.75, 3.05) is 6.61 Å². The van der Waals surface area contributed by atoms with E-state index < -0.39 is 0 Å². The molecule has 0 unspecified atom stereocenters. The van der Waals surface area contributed by atoms with Crippen LogP contribution in [0, 0.1) is 0 Å². The monoisotopic (exact) mass is 349 g/mol. The summed E-state index contributed by atoms with van der Waals surface area (Å²) in [5.41, 5.74) is 2.15. The number of rotatable bonds is 5. The minimum Gasteiger partial charge on any atom is -0.475 e. The molecule has 3 heterocycles. The van der Waals surface area contributed by atoms with Gasteiger partial charge in [-0.25, -0.2) is 9.97 Å². The molecule has 0 aliphatic heterocycles. The summed E-state index contributed by atoms with van der Waals surface area (Å²) in [6, 6.07) is 7.38. The number of nitrogens with zero attached hydrogens (tertiary/aromatic N) is 6. The SMILES string of the molecule is CCOc1nccn2c(CNC(=O)c3cnc4ccccc4n3)nnc12. The fourth-order valence-electron chi connectivity index (χ4n) is 2.53. The summed E-state index contributed by atoms with van der Waals surface area (Å²) < 4.78 is 7.15. The van der Waals surface area contributed by atoms with Crippen LogP contribution in [0.15, 0.2) is 42.9 Å². The third-order valence-electron chi connectivity index (χ3n) is 3.73. The summed E-state index contributed by atoms with van der Waals surface area (Å²) >= 11 is 0. The normalized spacial score (nSPS) is 11.0. The van der Waals surface area contributed by atoms with E-state index in [1.54, 1.807) is 16.8 Å². The van der Waals surface area contributed by atoms with Crippen molar-refractivity contribution in [1.82, 2.24) is 34.9 Å². The Labute approximate surface area is 148 Å². The molecule has 4 aromatic rings. The summed E-state index contributed by atoms with van der Waals surface area (Å²) in [6.07, 6.45) is 4.77. The molecule has 0 saturated heterocycles. The molecule has 26 heavy (non-hydrogen) atoms. The number of hydrogen-bond acceptors (Lipinski definition) is 7. The van der Waals surface area contributed by atoms with E-state index in [1.807, 2.05) is 31.2 Å². The predicted molar refractivity (Wildman–Crippen MR) is 92.7 cm³/mol. The van der Waals surface area contributed by atoms with E-state index in [2.05, 4.69) is 30.5 Å². The number of para-hydroxylation sites is 2. The van der Waals surface area contributed by atoms with Crippen LogP contribution < -0.4 is 10.1 Å². The van der Waals surface area contributed by atoms with Crippen LogP contribution in [0.1, 0.15) is 23.2 Å². The number of carbonyl (C=O) groups excluding carboxylic acids is 1. The Balaban J connectivity index is 1.53. The molecular formula is C17H15N7O2. The molecule has 0 saturated carbocycles. The first-order valence-corrected chi connectivity index (χ1v) is 8.07. The van der Waals surface area contributed by atoms with Gasteiger partial charge in [-0.05, 0) is 19.1 Å². The molecule has 0 bridgehead atoms. The van der Waals surface area contributed by atoms with E-state index >= 15 is 0 Å². The molecule has 0 aliphatic rings. The van der Waals surface area contributed by atoms with Crippen LogP contribution in [-0.2, 0) is 6.54 Å². The molecule has 0 atom stereocenters. The first-order valence-electron chi connectivity index (χ1n) is 8.07. The van der Waals surface area contributed by atoms with Gasteiger partial charge in [0.15, 0.2) is 5.82 Å². The first-order chi connectivity index (χ1) is 12.8. The quantitative estimate of drug-likeness (QED) is 0.580. The first kappa shape index (κ1) is 15.9. The average Bonchev–Trinajstić information content (AvgIpc) is 3.10. The van der Waals surface area contributed by atoms with Gasteiger partial charge in [-0.2, -0.15) is 0 Å². The Bertz CT molecular complexity index is 1090. The molecule has 3 aromatic heterocycles. The second-order valence-corrected chi connectivity index (χ2v) is 5.40. The van der Waals surface area contributed by atoms with Crippen LogP contribution in [0.4, 0.5) is 0 Å². The molecule has 0 radical (unpaired) electrons. The highest BCUT2D eigenvalue weighted by molar-refractivity contribution is 5.93. The van der Waals surface area contributed by atoms with Gasteiger partial charge in [0.05, 0.1) is 30.4 Å². The topological polar surface area (TPSA) is 107 Å². The lowest BCUT2D eigenvalue weighted by atomic mass is 10.3. The summed E-state index contributed by atoms with van der Waals surface area (Å²) in [6.45, 7) is 2.53. The van der Waals surface area contributed by atoms with E-state index in [-0.39, 0.29) is 18.1 Å². The average molecular weight is 349 g/mol. The predicted octanol–water partition coefficient (Wildman–Crippen LogP) is 1.40. The third-order valence-corrected chi connectivity index (χ3v) is 3.73. The largest absolute Gasteiger partial charge is 0.475 e. The zero-order chi connectivity index (χ0) is 17.9. The second-order valence-electron chi connectivity index (χ2n) is 5.40. The van der Waals surface area contributed by atoms with Gasteiger partial charge < -0.3 is 10.1 Å². The maximum atomic E-state index is 12.4. The van der Waals surface area contributed by atoms with Gasteiger partial charge in [0, 0.05) is 12.4 Å². The number of amides is 1. The van der Waals surface area contributed by atoms with Crippen LogP contribution in [0.3, 0.4) is 0 Å². The van der Waals surface area contributed by atoms with E-state index in [9.17, 15) is 4.79 Å². The van der Waals surface area contributed by atoms with E-state index in [1.165, 1.54) is 6.20 Å². The standard InChI is InChI=1S/C17H15N7O2/c1-2-26-17-15-23-22-14(24(15)8-7-18-17)10-20-16(25)13-9-19-11-5-3-4-6-12(11)21-13/h3-9H,2,10H2,1H3,(H,20,25). The summed E-state index contributed by atoms with van der Waals surface area (Å²) in [4.78, 5) is 25.1. The molecule has 9 nitrogen and oxygen atoms in total. The van der Waals surface area contributed by atoms with Crippen molar-refractivity contribution in [2.24, 2.45) is 0 Å². The Morgan fingerprint density at radius 1 is 1.19 bits per heavy atom. The van der Waals surface area contributed by atoms with Crippen molar-refractivity contribution in [3.63, 3.8) is 0 Å². The highest BCUT2D eigenvalue weighted by Gasteiger charge is 2.14. The highest BCUT2D eigenvalue weighted by atomic mass is 16.5. The van der Waals surface area contributed by atoms with Crippen LogP contribution in [0.25, 0.3) is 16.7 Å². The molecule has 0 spiro atoms. The minimum absolute atomic E-state index is 0.185. The number of aromatic nitrogens is 6. The van der Waals surface area contributed by atoms with Gasteiger partial charge in [0.1, 0.15) is 5.69 Å². The van der Waals surface area contributed by atoms with Crippen molar-refractivity contribution < 1.29 is 9.53 Å². The van der Waals surface area contributed by atoms with Crippen LogP contribution >= 0.6 is 0 Å². The Morgan fingerprint density at radius 3 is 2.88 bits per heavy atom. The van der Waals surface area contributed by atoms with Crippen molar-refractivity contribution in [1.29, 1.82) is 0 Å². The van der Waals surface area contributed by atoms with Crippen LogP contribution in [0.5, 0.6) is 5.88 Å². The highest BCUT2D eigenvalue weighted by Crippen LogP contribution is 2.15. The molecule has 4 rings (SSSR count). The van der Waals surface area contributed by atoms with Crippen LogP contribution in [0.2, 0.25) is 0 Å². The molecule has 9 heteroatoms. The molecule has 0 aliphatic carbocycles. The summed E-state index contributed by atoms with van der Waals surface area (Å²) in [5, 5.41) is 11.0. The maximum absolute atomic E-state index is 12.4. The van der Waals surface area contributed by atoms with Crippen molar-refractivity contribution in [3.8, 4) is 5.88 Å². The van der Waals surface area contributed by atoms with E-state index in [4.69, 9.17) is 4.74 Å². The molecule has 0 fully saturated rings. The zero-order valence-electron chi connectivity index (χ0n) is 14.0. The van der Waals surface area contributed by atoms with E-state index in [0.29, 0.717) is 29.5 Å². The van der Waals surface area contributed by atoms with Gasteiger partial charge in [0.2, 0.25) is 5.65 Å². The van der Waals surface area contributed by atoms with Gasteiger partial charge in [0.25, 0.3) is 11.8 Å². The number of fused-ring (bicyclic) bond motifs is 2. The second kappa shape index (κ2) is 6.71. The van der Waals surface area contributed by atoms with Crippen molar-refractivity contribution in [3.05, 3.63) is 54.4 Å². The minimum atomic E-state index is -0.334. The fraction of sp³-hybridized carbons (Fsp3) is 0.176. The third kappa shape index (κ3) is 2.90. The van der Waals surface area contributed by atoms with Gasteiger partial charge >= 0.3 is 0 Å². The molecule has 130 valence electrons. The lowest BCUT2D eigenvalue weighted by Crippen LogP contribution is -2.25. The number of benzene rings is 1. The van der Waals surface area contributed by atoms with Crippen LogP contribution in [-0.4, -0.2) is 42.1 Å². The maximum Gasteiger partial charge on any atom is 0.271 e. The Hall–Kier alpha value is -3.62. The molecular weight excluding hydrogens is 334 g/mol. The lowest BCUT2D eigenvalue weighted by Gasteiger charge is -2.05. The van der Waals surface area contributed by atoms with Gasteiger partial charge in [-0.1, -0.05) is 12.1 Å². The molecule has 1 N–H and O–H groups in total. The summed E-state index contributed by atoms with van der Waals surface area (Å²) in [7, 11) is 0. The number of hydrogen-bond donors (Lipinski definition) is 1. The number of nitrogens with one attached hydrogen (secondary N) is 1. The van der Waals surface area contributed by atoms with Crippen molar-refractivity contribution in [2.45, 2.75) is 13.5 Å². The fourth-order valence-corrected chi connectivity index (χ4v) is 2.53. The Morgan fingerprint density at radius 2 is 2.04 bits per heavy atom. The zero-order valence-corrected chi connectivity index (χ0v) is 14.0. The molecule has 1 amide bonds. The number of ether oxygens (including phenoxy) is 1. The lowest BCUT2D eigenvalue weighted by molar-refractivity contribution is 0.0945. The van der Waals surface area contributed by atoms with Gasteiger partial charge in [-0.3, -0.25) is 14.2 Å². The summed E-state index contributed by atoms with van der Waals surface area (Å²) in [5.74, 6) is 0.630. The smallest absolute Gasteiger partial charge is 0.271 e. The van der Waals surface area contributed by atoms with E-state index in [0.717, 1.165) is 5.52 Å². The number of carbonyl (C=O) groups is 1. The Kier molecular flexibility index (Phi) is 4.10. The molecule has 1 aromatic carbocycles. The van der Waals surface area contributed by atoms with Crippen molar-refractivity contribution >= 4 is 22.6 Å².